The number of rotatable bonds is 1. The molecule has 12 heavy (non-hydrogen) atoms. The number of carboxylic acids is 1. The molecule has 4 heteroatoms. The van der Waals surface area contributed by atoms with Gasteiger partial charge in [-0.2, -0.15) is 0 Å². The van der Waals surface area contributed by atoms with Gasteiger partial charge in [-0.1, -0.05) is 0 Å². The van der Waals surface area contributed by atoms with E-state index in [0.717, 1.165) is 19.6 Å². The Morgan fingerprint density at radius 3 is 3.08 bits per heavy atom. The van der Waals surface area contributed by atoms with E-state index in [4.69, 9.17) is 9.84 Å². The van der Waals surface area contributed by atoms with Gasteiger partial charge in [-0.3, -0.25) is 9.69 Å². The fourth-order valence-electron chi connectivity index (χ4n) is 2.01. The highest BCUT2D eigenvalue weighted by Gasteiger charge is 2.37. The Morgan fingerprint density at radius 2 is 2.42 bits per heavy atom. The van der Waals surface area contributed by atoms with E-state index in [1.165, 1.54) is 0 Å². The molecule has 0 aromatic heterocycles. The average molecular weight is 171 g/mol. The number of hydrogen-bond donors (Lipinski definition) is 1. The van der Waals surface area contributed by atoms with E-state index in [1.807, 2.05) is 0 Å². The van der Waals surface area contributed by atoms with Crippen molar-refractivity contribution in [2.45, 2.75) is 12.5 Å². The van der Waals surface area contributed by atoms with Crippen molar-refractivity contribution in [2.24, 2.45) is 5.92 Å². The summed E-state index contributed by atoms with van der Waals surface area (Å²) in [5.74, 6) is -0.832. The Hall–Kier alpha value is -0.610. The van der Waals surface area contributed by atoms with E-state index in [9.17, 15) is 4.79 Å². The van der Waals surface area contributed by atoms with E-state index >= 15 is 0 Å². The van der Waals surface area contributed by atoms with Crippen LogP contribution in [0.5, 0.6) is 0 Å². The van der Waals surface area contributed by atoms with Crippen LogP contribution in [0.2, 0.25) is 0 Å². The third-order valence-corrected chi connectivity index (χ3v) is 2.71. The lowest BCUT2D eigenvalue weighted by Crippen LogP contribution is -2.40. The highest BCUT2D eigenvalue weighted by molar-refractivity contribution is 5.70. The predicted molar refractivity (Wildman–Crippen MR) is 41.9 cm³/mol. The maximum Gasteiger partial charge on any atom is 0.307 e. The average Bonchev–Trinajstić information content (AvgIpc) is 2.46. The Bertz CT molecular complexity index is 181. The van der Waals surface area contributed by atoms with Gasteiger partial charge >= 0.3 is 5.97 Å². The molecule has 68 valence electrons. The fourth-order valence-corrected chi connectivity index (χ4v) is 2.01. The number of morpholine rings is 1. The number of hydrogen-bond acceptors (Lipinski definition) is 3. The van der Waals surface area contributed by atoms with Crippen LogP contribution < -0.4 is 0 Å². The second kappa shape index (κ2) is 3.03. The van der Waals surface area contributed by atoms with Crippen LogP contribution in [0.15, 0.2) is 0 Å². The molecule has 0 aliphatic carbocycles. The summed E-state index contributed by atoms with van der Waals surface area (Å²) in [5, 5.41) is 8.79. The zero-order valence-electron chi connectivity index (χ0n) is 6.90. The molecule has 2 aliphatic heterocycles. The van der Waals surface area contributed by atoms with Crippen LogP contribution in [0, 0.1) is 5.92 Å². The van der Waals surface area contributed by atoms with Gasteiger partial charge in [0.05, 0.1) is 19.1 Å². The summed E-state index contributed by atoms with van der Waals surface area (Å²) in [6.07, 6.45) is 0.759. The molecule has 2 unspecified atom stereocenters. The summed E-state index contributed by atoms with van der Waals surface area (Å²) in [4.78, 5) is 12.9. The molecule has 0 spiro atoms. The van der Waals surface area contributed by atoms with Crippen molar-refractivity contribution in [3.8, 4) is 0 Å². The molecule has 0 aromatic rings. The molecule has 2 atom stereocenters. The third kappa shape index (κ3) is 1.32. The highest BCUT2D eigenvalue weighted by atomic mass is 16.5. The number of fused-ring (bicyclic) bond motifs is 1. The van der Waals surface area contributed by atoms with E-state index in [0.29, 0.717) is 19.2 Å². The molecule has 0 aromatic carbocycles. The summed E-state index contributed by atoms with van der Waals surface area (Å²) in [6.45, 7) is 3.07. The molecular weight excluding hydrogens is 158 g/mol. The normalized spacial score (nSPS) is 36.3. The first-order chi connectivity index (χ1) is 5.77. The SMILES string of the molecule is O=C(O)C1CC2COCCN2C1. The number of nitrogens with zero attached hydrogens (tertiary/aromatic N) is 1. The van der Waals surface area contributed by atoms with Crippen molar-refractivity contribution in [2.75, 3.05) is 26.3 Å². The minimum Gasteiger partial charge on any atom is -0.481 e. The summed E-state index contributed by atoms with van der Waals surface area (Å²) in [5.41, 5.74) is 0. The van der Waals surface area contributed by atoms with Crippen LogP contribution in [-0.4, -0.2) is 48.3 Å². The maximum absolute atomic E-state index is 10.7. The monoisotopic (exact) mass is 171 g/mol. The predicted octanol–water partition coefficient (Wildman–Crippen LogP) is -0.208. The van der Waals surface area contributed by atoms with Gasteiger partial charge in [-0.25, -0.2) is 0 Å². The van der Waals surface area contributed by atoms with Crippen LogP contribution >= 0.6 is 0 Å². The third-order valence-electron chi connectivity index (χ3n) is 2.71. The molecule has 4 nitrogen and oxygen atoms in total. The molecule has 2 fully saturated rings. The molecule has 2 aliphatic rings. The number of carboxylic acid groups (broad SMARTS) is 1. The first-order valence-corrected chi connectivity index (χ1v) is 4.32. The van der Waals surface area contributed by atoms with Crippen LogP contribution in [-0.2, 0) is 9.53 Å². The van der Waals surface area contributed by atoms with Gasteiger partial charge in [0.15, 0.2) is 0 Å². The van der Waals surface area contributed by atoms with Gasteiger partial charge in [0.2, 0.25) is 0 Å². The van der Waals surface area contributed by atoms with Crippen LogP contribution in [0.3, 0.4) is 0 Å². The van der Waals surface area contributed by atoms with Gasteiger partial charge < -0.3 is 9.84 Å². The minimum absolute atomic E-state index is 0.170. The lowest BCUT2D eigenvalue weighted by Gasteiger charge is -2.28. The van der Waals surface area contributed by atoms with Gasteiger partial charge in [0.25, 0.3) is 0 Å². The summed E-state index contributed by atoms with van der Waals surface area (Å²) in [6, 6.07) is 0.361. The summed E-state index contributed by atoms with van der Waals surface area (Å²) >= 11 is 0. The summed E-state index contributed by atoms with van der Waals surface area (Å²) in [7, 11) is 0. The quantitative estimate of drug-likeness (QED) is 0.593. The standard InChI is InChI=1S/C8H13NO3/c10-8(11)6-3-7-5-12-2-1-9(7)4-6/h6-7H,1-5H2,(H,10,11). The van der Waals surface area contributed by atoms with Crippen molar-refractivity contribution in [1.82, 2.24) is 4.90 Å². The van der Waals surface area contributed by atoms with Crippen LogP contribution in [0.1, 0.15) is 6.42 Å². The van der Waals surface area contributed by atoms with Crippen molar-refractivity contribution >= 4 is 5.97 Å². The maximum atomic E-state index is 10.7. The lowest BCUT2D eigenvalue weighted by atomic mass is 10.1. The molecule has 2 heterocycles. The Morgan fingerprint density at radius 1 is 1.58 bits per heavy atom. The van der Waals surface area contributed by atoms with Crippen molar-refractivity contribution in [3.63, 3.8) is 0 Å². The van der Waals surface area contributed by atoms with Gasteiger partial charge in [-0.15, -0.1) is 0 Å². The van der Waals surface area contributed by atoms with Gasteiger partial charge in [-0.05, 0) is 6.42 Å². The highest BCUT2D eigenvalue weighted by Crippen LogP contribution is 2.25. The first kappa shape index (κ1) is 8.01. The zero-order valence-corrected chi connectivity index (χ0v) is 6.90. The van der Waals surface area contributed by atoms with E-state index in [2.05, 4.69) is 4.90 Å². The molecule has 0 bridgehead atoms. The summed E-state index contributed by atoms with van der Waals surface area (Å²) < 4.78 is 5.28. The number of ether oxygens (including phenoxy) is 1. The van der Waals surface area contributed by atoms with Crippen molar-refractivity contribution in [3.05, 3.63) is 0 Å². The topological polar surface area (TPSA) is 49.8 Å². The fraction of sp³-hybridized carbons (Fsp3) is 0.875. The molecule has 2 rings (SSSR count). The lowest BCUT2D eigenvalue weighted by molar-refractivity contribution is -0.141. The smallest absolute Gasteiger partial charge is 0.307 e. The number of aliphatic carboxylic acids is 1. The second-order valence-corrected chi connectivity index (χ2v) is 3.49. The molecular formula is C8H13NO3. The van der Waals surface area contributed by atoms with Gasteiger partial charge in [0.1, 0.15) is 0 Å². The Labute approximate surface area is 71.1 Å². The molecule has 2 saturated heterocycles. The van der Waals surface area contributed by atoms with E-state index < -0.39 is 5.97 Å². The Kier molecular flexibility index (Phi) is 2.02. The molecule has 0 saturated carbocycles. The van der Waals surface area contributed by atoms with Crippen LogP contribution in [0.4, 0.5) is 0 Å². The molecule has 1 N–H and O–H groups in total. The van der Waals surface area contributed by atoms with Crippen molar-refractivity contribution in [1.29, 1.82) is 0 Å². The first-order valence-electron chi connectivity index (χ1n) is 4.32. The second-order valence-electron chi connectivity index (χ2n) is 3.49. The van der Waals surface area contributed by atoms with Crippen molar-refractivity contribution < 1.29 is 14.6 Å². The zero-order chi connectivity index (χ0) is 8.55. The minimum atomic E-state index is -0.663. The Balaban J connectivity index is 1.98. The van der Waals surface area contributed by atoms with E-state index in [-0.39, 0.29) is 5.92 Å². The van der Waals surface area contributed by atoms with Gasteiger partial charge in [0, 0.05) is 19.1 Å². The molecule has 0 amide bonds. The van der Waals surface area contributed by atoms with E-state index in [1.54, 1.807) is 0 Å². The van der Waals surface area contributed by atoms with Crippen LogP contribution in [0.25, 0.3) is 0 Å². The number of carbonyl (C=O) groups is 1. The molecule has 0 radical (unpaired) electrons. The largest absolute Gasteiger partial charge is 0.481 e.